The normalized spacial score (nSPS) is 9.21. The van der Waals surface area contributed by atoms with E-state index in [9.17, 15) is 4.79 Å². The van der Waals surface area contributed by atoms with Gasteiger partial charge in [0, 0.05) is 12.6 Å². The summed E-state index contributed by atoms with van der Waals surface area (Å²) < 4.78 is 0. The average molecular weight is 188 g/mol. The van der Waals surface area contributed by atoms with E-state index in [0.29, 0.717) is 5.56 Å². The van der Waals surface area contributed by atoms with Crippen LogP contribution in [0.15, 0.2) is 18.2 Å². The van der Waals surface area contributed by atoms with Gasteiger partial charge in [-0.3, -0.25) is 4.79 Å². The third-order valence-electron chi connectivity index (χ3n) is 1.93. The van der Waals surface area contributed by atoms with Gasteiger partial charge in [-0.2, -0.15) is 5.26 Å². The summed E-state index contributed by atoms with van der Waals surface area (Å²) in [7, 11) is 0. The van der Waals surface area contributed by atoms with Crippen LogP contribution in [0.5, 0.6) is 0 Å². The number of carbonyl (C=O) groups is 1. The lowest BCUT2D eigenvalue weighted by atomic mass is 10.1. The lowest BCUT2D eigenvalue weighted by Gasteiger charge is -2.07. The van der Waals surface area contributed by atoms with Crippen LogP contribution in [0.25, 0.3) is 0 Å². The molecule has 0 spiro atoms. The molecular weight excluding hydrogens is 176 g/mol. The lowest BCUT2D eigenvalue weighted by Crippen LogP contribution is -2.07. The van der Waals surface area contributed by atoms with Gasteiger partial charge in [-0.15, -0.1) is 0 Å². The van der Waals surface area contributed by atoms with Crippen molar-refractivity contribution in [1.82, 2.24) is 0 Å². The van der Waals surface area contributed by atoms with E-state index in [2.05, 4.69) is 11.4 Å². The summed E-state index contributed by atoms with van der Waals surface area (Å²) in [6, 6.07) is 7.33. The van der Waals surface area contributed by atoms with Gasteiger partial charge in [-0.1, -0.05) is 6.92 Å². The first-order valence-electron chi connectivity index (χ1n) is 4.48. The Kier molecular flexibility index (Phi) is 3.24. The molecule has 0 atom stereocenters. The van der Waals surface area contributed by atoms with Gasteiger partial charge in [-0.25, -0.2) is 0 Å². The van der Waals surface area contributed by atoms with E-state index < -0.39 is 0 Å². The van der Waals surface area contributed by atoms with Crippen LogP contribution >= 0.6 is 0 Å². The molecule has 1 aromatic carbocycles. The summed E-state index contributed by atoms with van der Waals surface area (Å²) in [4.78, 5) is 10.9. The van der Waals surface area contributed by atoms with Crippen molar-refractivity contribution in [2.45, 2.75) is 20.3 Å². The van der Waals surface area contributed by atoms with Crippen LogP contribution in [0.1, 0.15) is 25.0 Å². The summed E-state index contributed by atoms with van der Waals surface area (Å²) >= 11 is 0. The minimum Gasteiger partial charge on any atom is -0.326 e. The van der Waals surface area contributed by atoms with Crippen LogP contribution in [0.2, 0.25) is 0 Å². The molecule has 3 heteroatoms. The number of hydrogen-bond donors (Lipinski definition) is 1. The van der Waals surface area contributed by atoms with Crippen LogP contribution in [0, 0.1) is 11.3 Å². The molecule has 1 N–H and O–H groups in total. The van der Waals surface area contributed by atoms with Gasteiger partial charge in [-0.05, 0) is 30.2 Å². The first-order chi connectivity index (χ1) is 6.67. The van der Waals surface area contributed by atoms with Crippen molar-refractivity contribution >= 4 is 11.6 Å². The largest absolute Gasteiger partial charge is 0.326 e. The van der Waals surface area contributed by atoms with E-state index in [1.807, 2.05) is 6.92 Å². The highest BCUT2D eigenvalue weighted by Gasteiger charge is 2.03. The third kappa shape index (κ3) is 2.33. The van der Waals surface area contributed by atoms with Crippen molar-refractivity contribution in [2.24, 2.45) is 0 Å². The number of benzene rings is 1. The maximum atomic E-state index is 10.9. The SMILES string of the molecule is CCc1cc(C#N)ccc1NC(C)=O. The smallest absolute Gasteiger partial charge is 0.221 e. The monoisotopic (exact) mass is 188 g/mol. The number of anilines is 1. The fourth-order valence-electron chi connectivity index (χ4n) is 1.27. The molecular formula is C11H12N2O. The highest BCUT2D eigenvalue weighted by molar-refractivity contribution is 5.89. The number of nitrogens with zero attached hydrogens (tertiary/aromatic N) is 1. The number of amides is 1. The standard InChI is InChI=1S/C11H12N2O/c1-3-10-6-9(7-12)4-5-11(10)13-8(2)14/h4-6H,3H2,1-2H3,(H,13,14). The Morgan fingerprint density at radius 2 is 2.29 bits per heavy atom. The summed E-state index contributed by atoms with van der Waals surface area (Å²) in [5.74, 6) is -0.0931. The molecule has 0 aliphatic rings. The second-order valence-electron chi connectivity index (χ2n) is 3.02. The molecule has 14 heavy (non-hydrogen) atoms. The number of aryl methyl sites for hydroxylation is 1. The second-order valence-corrected chi connectivity index (χ2v) is 3.02. The Balaban J connectivity index is 3.06. The number of nitriles is 1. The second kappa shape index (κ2) is 4.43. The van der Waals surface area contributed by atoms with Crippen molar-refractivity contribution in [3.05, 3.63) is 29.3 Å². The number of carbonyl (C=O) groups excluding carboxylic acids is 1. The Labute approximate surface area is 83.4 Å². The van der Waals surface area contributed by atoms with E-state index in [0.717, 1.165) is 17.7 Å². The minimum atomic E-state index is -0.0931. The highest BCUT2D eigenvalue weighted by atomic mass is 16.1. The lowest BCUT2D eigenvalue weighted by molar-refractivity contribution is -0.114. The van der Waals surface area contributed by atoms with Crippen LogP contribution in [0.3, 0.4) is 0 Å². The third-order valence-corrected chi connectivity index (χ3v) is 1.93. The predicted molar refractivity (Wildman–Crippen MR) is 54.8 cm³/mol. The molecule has 0 aromatic heterocycles. The summed E-state index contributed by atoms with van der Waals surface area (Å²) in [5, 5.41) is 11.4. The van der Waals surface area contributed by atoms with Gasteiger partial charge in [0.2, 0.25) is 5.91 Å². The first kappa shape index (κ1) is 10.3. The van der Waals surface area contributed by atoms with Crippen molar-refractivity contribution in [3.63, 3.8) is 0 Å². The Hall–Kier alpha value is -1.82. The van der Waals surface area contributed by atoms with Crippen molar-refractivity contribution in [2.75, 3.05) is 5.32 Å². The fraction of sp³-hybridized carbons (Fsp3) is 0.273. The first-order valence-corrected chi connectivity index (χ1v) is 4.48. The topological polar surface area (TPSA) is 52.9 Å². The van der Waals surface area contributed by atoms with Crippen LogP contribution in [0.4, 0.5) is 5.69 Å². The molecule has 0 heterocycles. The van der Waals surface area contributed by atoms with Crippen molar-refractivity contribution in [1.29, 1.82) is 5.26 Å². The molecule has 0 fully saturated rings. The fourth-order valence-corrected chi connectivity index (χ4v) is 1.27. The predicted octanol–water partition coefficient (Wildman–Crippen LogP) is 2.08. The number of hydrogen-bond acceptors (Lipinski definition) is 2. The molecule has 0 unspecified atom stereocenters. The summed E-state index contributed by atoms with van der Waals surface area (Å²) in [6.45, 7) is 3.46. The molecule has 3 nitrogen and oxygen atoms in total. The highest BCUT2D eigenvalue weighted by Crippen LogP contribution is 2.17. The van der Waals surface area contributed by atoms with Crippen molar-refractivity contribution < 1.29 is 4.79 Å². The average Bonchev–Trinajstić information content (AvgIpc) is 2.17. The molecule has 0 aliphatic carbocycles. The Bertz CT molecular complexity index is 391. The zero-order valence-electron chi connectivity index (χ0n) is 8.29. The quantitative estimate of drug-likeness (QED) is 0.772. The van der Waals surface area contributed by atoms with Gasteiger partial charge in [0.1, 0.15) is 0 Å². The number of rotatable bonds is 2. The molecule has 1 amide bonds. The van der Waals surface area contributed by atoms with E-state index in [1.54, 1.807) is 18.2 Å². The van der Waals surface area contributed by atoms with Crippen LogP contribution < -0.4 is 5.32 Å². The molecule has 0 aliphatic heterocycles. The van der Waals surface area contributed by atoms with Gasteiger partial charge in [0.05, 0.1) is 11.6 Å². The Morgan fingerprint density at radius 3 is 2.79 bits per heavy atom. The molecule has 0 radical (unpaired) electrons. The zero-order chi connectivity index (χ0) is 10.6. The van der Waals surface area contributed by atoms with Gasteiger partial charge in [0.25, 0.3) is 0 Å². The number of nitrogens with one attached hydrogen (secondary N) is 1. The van der Waals surface area contributed by atoms with E-state index >= 15 is 0 Å². The van der Waals surface area contributed by atoms with E-state index in [4.69, 9.17) is 5.26 Å². The zero-order valence-corrected chi connectivity index (χ0v) is 8.29. The summed E-state index contributed by atoms with van der Waals surface area (Å²) in [5.41, 5.74) is 2.40. The van der Waals surface area contributed by atoms with Gasteiger partial charge in [0.15, 0.2) is 0 Å². The van der Waals surface area contributed by atoms with Gasteiger partial charge >= 0.3 is 0 Å². The molecule has 1 aromatic rings. The molecule has 0 bridgehead atoms. The van der Waals surface area contributed by atoms with E-state index in [-0.39, 0.29) is 5.91 Å². The minimum absolute atomic E-state index is 0.0931. The molecule has 1 rings (SSSR count). The molecule has 0 saturated heterocycles. The molecule has 72 valence electrons. The maximum absolute atomic E-state index is 10.9. The van der Waals surface area contributed by atoms with E-state index in [1.165, 1.54) is 6.92 Å². The van der Waals surface area contributed by atoms with Crippen LogP contribution in [-0.2, 0) is 11.2 Å². The molecule has 0 saturated carbocycles. The van der Waals surface area contributed by atoms with Gasteiger partial charge < -0.3 is 5.32 Å². The van der Waals surface area contributed by atoms with Crippen LogP contribution in [-0.4, -0.2) is 5.91 Å². The summed E-state index contributed by atoms with van der Waals surface area (Å²) in [6.07, 6.45) is 0.797. The maximum Gasteiger partial charge on any atom is 0.221 e. The Morgan fingerprint density at radius 1 is 1.57 bits per heavy atom. The van der Waals surface area contributed by atoms with Crippen molar-refractivity contribution in [3.8, 4) is 6.07 Å².